The van der Waals surface area contributed by atoms with Crippen molar-refractivity contribution in [1.29, 1.82) is 0 Å². The minimum atomic E-state index is -0.390. The molecule has 6 heteroatoms. The van der Waals surface area contributed by atoms with Crippen LogP contribution in [0.4, 0.5) is 0 Å². The summed E-state index contributed by atoms with van der Waals surface area (Å²) < 4.78 is 9.80. The number of carbonyl (C=O) groups excluding carboxylic acids is 2. The van der Waals surface area contributed by atoms with E-state index < -0.39 is 0 Å². The number of ether oxygens (including phenoxy) is 2. The van der Waals surface area contributed by atoms with Crippen molar-refractivity contribution >= 4 is 11.9 Å². The molecule has 0 spiro atoms. The van der Waals surface area contributed by atoms with Gasteiger partial charge in [-0.2, -0.15) is 0 Å². The molecule has 1 unspecified atom stereocenters. The van der Waals surface area contributed by atoms with Gasteiger partial charge in [-0.05, 0) is 25.8 Å². The second kappa shape index (κ2) is 10.8. The summed E-state index contributed by atoms with van der Waals surface area (Å²) in [4.78, 5) is 24.9. The molecule has 2 N–H and O–H groups in total. The molecule has 1 atom stereocenters. The number of nitrogens with two attached hydrogens (primary N) is 1. The predicted molar refractivity (Wildman–Crippen MR) is 72.5 cm³/mol. The van der Waals surface area contributed by atoms with Gasteiger partial charge in [0.25, 0.3) is 0 Å². The Morgan fingerprint density at radius 2 is 2.05 bits per heavy atom. The Morgan fingerprint density at radius 3 is 2.58 bits per heavy atom. The second-order valence-electron chi connectivity index (χ2n) is 4.49. The highest BCUT2D eigenvalue weighted by Crippen LogP contribution is 2.06. The van der Waals surface area contributed by atoms with Gasteiger partial charge in [0.05, 0.1) is 13.2 Å². The number of amides is 1. The number of hydrogen-bond donors (Lipinski definition) is 1. The van der Waals surface area contributed by atoms with Crippen molar-refractivity contribution in [2.75, 3.05) is 40.0 Å². The van der Waals surface area contributed by atoms with E-state index in [9.17, 15) is 9.59 Å². The quantitative estimate of drug-likeness (QED) is 0.583. The maximum absolute atomic E-state index is 12.0. The van der Waals surface area contributed by atoms with Gasteiger partial charge in [-0.1, -0.05) is 6.92 Å². The highest BCUT2D eigenvalue weighted by atomic mass is 16.5. The van der Waals surface area contributed by atoms with Gasteiger partial charge in [0.1, 0.15) is 6.54 Å². The largest absolute Gasteiger partial charge is 0.465 e. The van der Waals surface area contributed by atoms with E-state index in [1.54, 1.807) is 14.0 Å². The van der Waals surface area contributed by atoms with Crippen molar-refractivity contribution in [2.24, 2.45) is 11.7 Å². The highest BCUT2D eigenvalue weighted by molar-refractivity contribution is 5.82. The zero-order valence-electron chi connectivity index (χ0n) is 12.2. The monoisotopic (exact) mass is 274 g/mol. The smallest absolute Gasteiger partial charge is 0.325 e. The summed E-state index contributed by atoms with van der Waals surface area (Å²) in [5, 5.41) is 0. The van der Waals surface area contributed by atoms with Gasteiger partial charge in [-0.25, -0.2) is 0 Å². The van der Waals surface area contributed by atoms with Crippen molar-refractivity contribution in [3.63, 3.8) is 0 Å². The molecule has 112 valence electrons. The topological polar surface area (TPSA) is 81.9 Å². The Bertz CT molecular complexity index is 271. The van der Waals surface area contributed by atoms with Crippen LogP contribution in [0.5, 0.6) is 0 Å². The molecule has 0 aliphatic rings. The third-order valence-electron chi connectivity index (χ3n) is 2.80. The summed E-state index contributed by atoms with van der Waals surface area (Å²) >= 11 is 0. The standard InChI is InChI=1S/C13H26N2O4/c1-4-19-13(17)10-15(7-8-18-3)12(16)6-5-11(2)9-14/h11H,4-10,14H2,1-3H3. The molecule has 0 bridgehead atoms. The molecule has 0 aliphatic heterocycles. The lowest BCUT2D eigenvalue weighted by atomic mass is 10.1. The Balaban J connectivity index is 4.29. The third-order valence-corrected chi connectivity index (χ3v) is 2.80. The van der Waals surface area contributed by atoms with E-state index in [0.29, 0.717) is 38.6 Å². The Hall–Kier alpha value is -1.14. The highest BCUT2D eigenvalue weighted by Gasteiger charge is 2.18. The molecule has 0 fully saturated rings. The fourth-order valence-electron chi connectivity index (χ4n) is 1.50. The van der Waals surface area contributed by atoms with E-state index >= 15 is 0 Å². The fraction of sp³-hybridized carbons (Fsp3) is 0.846. The lowest BCUT2D eigenvalue weighted by molar-refractivity contribution is -0.149. The minimum absolute atomic E-state index is 0.0208. The first kappa shape index (κ1) is 17.9. The number of nitrogens with zero attached hydrogens (tertiary/aromatic N) is 1. The summed E-state index contributed by atoms with van der Waals surface area (Å²) in [6, 6.07) is 0. The van der Waals surface area contributed by atoms with E-state index in [1.807, 2.05) is 6.92 Å². The Kier molecular flexibility index (Phi) is 10.1. The number of carbonyl (C=O) groups is 2. The molecule has 0 aromatic carbocycles. The minimum Gasteiger partial charge on any atom is -0.465 e. The Morgan fingerprint density at radius 1 is 1.37 bits per heavy atom. The molecule has 0 radical (unpaired) electrons. The zero-order chi connectivity index (χ0) is 14.7. The number of esters is 1. The first-order chi connectivity index (χ1) is 9.04. The van der Waals surface area contributed by atoms with Crippen LogP contribution >= 0.6 is 0 Å². The first-order valence-corrected chi connectivity index (χ1v) is 6.67. The number of methoxy groups -OCH3 is 1. The molecule has 0 saturated heterocycles. The van der Waals surface area contributed by atoms with Crippen LogP contribution in [0.25, 0.3) is 0 Å². The molecule has 1 amide bonds. The van der Waals surface area contributed by atoms with Crippen LogP contribution in [0.1, 0.15) is 26.7 Å². The van der Waals surface area contributed by atoms with E-state index in [1.165, 1.54) is 4.90 Å². The van der Waals surface area contributed by atoms with Crippen LogP contribution in [0.15, 0.2) is 0 Å². The molecular weight excluding hydrogens is 248 g/mol. The number of hydrogen-bond acceptors (Lipinski definition) is 5. The summed E-state index contributed by atoms with van der Waals surface area (Å²) in [5.74, 6) is -0.153. The van der Waals surface area contributed by atoms with Gasteiger partial charge in [0.2, 0.25) is 5.91 Å². The zero-order valence-corrected chi connectivity index (χ0v) is 12.2. The fourth-order valence-corrected chi connectivity index (χ4v) is 1.50. The molecular formula is C13H26N2O4. The maximum Gasteiger partial charge on any atom is 0.325 e. The van der Waals surface area contributed by atoms with Crippen LogP contribution in [0, 0.1) is 5.92 Å². The SMILES string of the molecule is CCOC(=O)CN(CCOC)C(=O)CCC(C)CN. The molecule has 0 aromatic heterocycles. The molecule has 0 heterocycles. The average Bonchev–Trinajstić information content (AvgIpc) is 2.40. The normalized spacial score (nSPS) is 12.0. The first-order valence-electron chi connectivity index (χ1n) is 6.67. The van der Waals surface area contributed by atoms with Gasteiger partial charge in [-0.15, -0.1) is 0 Å². The van der Waals surface area contributed by atoms with Crippen molar-refractivity contribution in [1.82, 2.24) is 4.90 Å². The van der Waals surface area contributed by atoms with Crippen LogP contribution in [-0.2, 0) is 19.1 Å². The summed E-state index contributed by atoms with van der Waals surface area (Å²) in [6.07, 6.45) is 1.11. The summed E-state index contributed by atoms with van der Waals surface area (Å²) in [5.41, 5.74) is 5.52. The van der Waals surface area contributed by atoms with Gasteiger partial charge in [0, 0.05) is 20.1 Å². The number of rotatable bonds is 10. The summed E-state index contributed by atoms with van der Waals surface area (Å²) in [7, 11) is 1.56. The molecule has 0 aromatic rings. The lowest BCUT2D eigenvalue weighted by Gasteiger charge is -2.22. The molecule has 0 aliphatic carbocycles. The average molecular weight is 274 g/mol. The third kappa shape index (κ3) is 8.56. The predicted octanol–water partition coefficient (Wildman–Crippen LogP) is 0.400. The second-order valence-corrected chi connectivity index (χ2v) is 4.49. The van der Waals surface area contributed by atoms with Crippen LogP contribution < -0.4 is 5.73 Å². The lowest BCUT2D eigenvalue weighted by Crippen LogP contribution is -2.38. The van der Waals surface area contributed by atoms with Crippen LogP contribution in [0.3, 0.4) is 0 Å². The van der Waals surface area contributed by atoms with Gasteiger partial charge >= 0.3 is 5.97 Å². The maximum atomic E-state index is 12.0. The van der Waals surface area contributed by atoms with Crippen molar-refractivity contribution in [3.8, 4) is 0 Å². The van der Waals surface area contributed by atoms with Crippen molar-refractivity contribution in [3.05, 3.63) is 0 Å². The van der Waals surface area contributed by atoms with Gasteiger partial charge in [-0.3, -0.25) is 9.59 Å². The van der Waals surface area contributed by atoms with Crippen molar-refractivity contribution < 1.29 is 19.1 Å². The molecule has 0 rings (SSSR count). The van der Waals surface area contributed by atoms with E-state index in [2.05, 4.69) is 0 Å². The van der Waals surface area contributed by atoms with Crippen LogP contribution in [-0.4, -0.2) is 56.7 Å². The van der Waals surface area contributed by atoms with Crippen molar-refractivity contribution in [2.45, 2.75) is 26.7 Å². The molecule has 0 saturated carbocycles. The van der Waals surface area contributed by atoms with E-state index in [4.69, 9.17) is 15.2 Å². The van der Waals surface area contributed by atoms with Gasteiger partial charge in [0.15, 0.2) is 0 Å². The molecule has 19 heavy (non-hydrogen) atoms. The van der Waals surface area contributed by atoms with Crippen LogP contribution in [0.2, 0.25) is 0 Å². The van der Waals surface area contributed by atoms with E-state index in [-0.39, 0.29) is 18.4 Å². The Labute approximate surface area is 115 Å². The summed E-state index contributed by atoms with van der Waals surface area (Å²) in [6.45, 7) is 5.38. The van der Waals surface area contributed by atoms with E-state index in [0.717, 1.165) is 6.42 Å². The van der Waals surface area contributed by atoms with Gasteiger partial charge < -0.3 is 20.1 Å². The molecule has 6 nitrogen and oxygen atoms in total.